The fraction of sp³-hybridized carbons (Fsp3) is 0.167. The molecule has 0 amide bonds. The molecule has 0 aliphatic heterocycles. The maximum atomic E-state index is 13.5. The van der Waals surface area contributed by atoms with Gasteiger partial charge in [0.05, 0.1) is 12.8 Å². The minimum absolute atomic E-state index is 0.245. The average molecular weight is 329 g/mol. The normalized spacial score (nSPS) is 12.2. The second-order valence-corrected chi connectivity index (χ2v) is 5.40. The molecule has 3 aromatic rings. The summed E-state index contributed by atoms with van der Waals surface area (Å²) in [6, 6.07) is 13.2. The van der Waals surface area contributed by atoms with Gasteiger partial charge in [-0.2, -0.15) is 5.10 Å². The summed E-state index contributed by atoms with van der Waals surface area (Å²) in [5.74, 6) is -1.30. The van der Waals surface area contributed by atoms with Crippen molar-refractivity contribution in [2.45, 2.75) is 5.92 Å². The quantitative estimate of drug-likeness (QED) is 0.753. The maximum Gasteiger partial charge on any atom is 0.159 e. The number of halogens is 2. The highest BCUT2D eigenvalue weighted by atomic mass is 19.2. The van der Waals surface area contributed by atoms with Gasteiger partial charge in [-0.3, -0.25) is 5.10 Å². The highest BCUT2D eigenvalue weighted by Gasteiger charge is 2.17. The molecule has 124 valence electrons. The lowest BCUT2D eigenvalue weighted by molar-refractivity contribution is 0.415. The summed E-state index contributed by atoms with van der Waals surface area (Å²) < 4.78 is 31.7. The second-order valence-electron chi connectivity index (χ2n) is 5.40. The molecule has 1 aromatic heterocycles. The van der Waals surface area contributed by atoms with Crippen molar-refractivity contribution in [2.24, 2.45) is 5.73 Å². The van der Waals surface area contributed by atoms with E-state index in [-0.39, 0.29) is 12.5 Å². The first-order valence-corrected chi connectivity index (χ1v) is 7.47. The number of nitrogens with zero attached hydrogens (tertiary/aromatic N) is 1. The molecular formula is C18H17F2N3O. The van der Waals surface area contributed by atoms with Crippen LogP contribution in [0.4, 0.5) is 8.78 Å². The summed E-state index contributed by atoms with van der Waals surface area (Å²) in [6.07, 6.45) is 0. The van der Waals surface area contributed by atoms with E-state index in [0.717, 1.165) is 28.8 Å². The largest absolute Gasteiger partial charge is 0.497 e. The van der Waals surface area contributed by atoms with E-state index in [9.17, 15) is 8.78 Å². The lowest BCUT2D eigenvalue weighted by Gasteiger charge is -2.13. The molecule has 1 atom stereocenters. The minimum atomic E-state index is -0.888. The summed E-state index contributed by atoms with van der Waals surface area (Å²) in [6.45, 7) is 0.245. The summed E-state index contributed by atoms with van der Waals surface area (Å²) in [4.78, 5) is 0. The fourth-order valence-corrected chi connectivity index (χ4v) is 2.60. The third-order valence-electron chi connectivity index (χ3n) is 3.94. The molecule has 0 fully saturated rings. The number of hydrogen-bond donors (Lipinski definition) is 2. The Morgan fingerprint density at radius 2 is 1.83 bits per heavy atom. The van der Waals surface area contributed by atoms with Gasteiger partial charge in [0.15, 0.2) is 11.6 Å². The van der Waals surface area contributed by atoms with Gasteiger partial charge < -0.3 is 10.5 Å². The standard InChI is InChI=1S/C18H17F2N3O/c1-24-13-5-2-11(3-6-13)17-9-18(23-22-17)14(10-21)12-4-7-15(19)16(20)8-12/h2-9,14H,10,21H2,1H3,(H,22,23). The lowest BCUT2D eigenvalue weighted by Crippen LogP contribution is -2.14. The zero-order chi connectivity index (χ0) is 17.1. The number of benzene rings is 2. The Morgan fingerprint density at radius 3 is 2.46 bits per heavy atom. The number of hydrogen-bond acceptors (Lipinski definition) is 3. The first-order chi connectivity index (χ1) is 11.6. The minimum Gasteiger partial charge on any atom is -0.497 e. The van der Waals surface area contributed by atoms with Crippen LogP contribution in [-0.2, 0) is 0 Å². The summed E-state index contributed by atoms with van der Waals surface area (Å²) >= 11 is 0. The van der Waals surface area contributed by atoms with E-state index in [4.69, 9.17) is 10.5 Å². The Balaban J connectivity index is 1.90. The fourth-order valence-electron chi connectivity index (χ4n) is 2.60. The third kappa shape index (κ3) is 3.14. The van der Waals surface area contributed by atoms with Crippen molar-refractivity contribution in [3.8, 4) is 17.0 Å². The number of nitrogens with one attached hydrogen (secondary N) is 1. The highest BCUT2D eigenvalue weighted by Crippen LogP contribution is 2.27. The Hall–Kier alpha value is -2.73. The van der Waals surface area contributed by atoms with Crippen LogP contribution in [0.2, 0.25) is 0 Å². The van der Waals surface area contributed by atoms with Gasteiger partial charge in [0.1, 0.15) is 5.75 Å². The van der Waals surface area contributed by atoms with E-state index in [2.05, 4.69) is 10.2 Å². The number of rotatable bonds is 5. The van der Waals surface area contributed by atoms with Gasteiger partial charge in [-0.15, -0.1) is 0 Å². The van der Waals surface area contributed by atoms with Gasteiger partial charge in [-0.05, 0) is 48.0 Å². The van der Waals surface area contributed by atoms with Crippen LogP contribution in [0.5, 0.6) is 5.75 Å². The average Bonchev–Trinajstić information content (AvgIpc) is 3.08. The first kappa shape index (κ1) is 16.1. The van der Waals surface area contributed by atoms with E-state index in [1.807, 2.05) is 30.3 Å². The number of ether oxygens (including phenoxy) is 1. The van der Waals surface area contributed by atoms with Crippen molar-refractivity contribution in [2.75, 3.05) is 13.7 Å². The molecule has 0 saturated carbocycles. The molecule has 0 aliphatic rings. The summed E-state index contributed by atoms with van der Waals surface area (Å²) in [5.41, 5.74) is 8.83. The zero-order valence-corrected chi connectivity index (χ0v) is 13.1. The molecule has 0 bridgehead atoms. The first-order valence-electron chi connectivity index (χ1n) is 7.47. The SMILES string of the molecule is COc1ccc(-c2cc(C(CN)c3ccc(F)c(F)c3)[nH]n2)cc1. The number of nitrogens with two attached hydrogens (primary N) is 1. The van der Waals surface area contributed by atoms with Gasteiger partial charge in [0.2, 0.25) is 0 Å². The molecule has 0 spiro atoms. The van der Waals surface area contributed by atoms with Crippen LogP contribution in [-0.4, -0.2) is 23.9 Å². The van der Waals surface area contributed by atoms with Crippen LogP contribution in [0.3, 0.4) is 0 Å². The van der Waals surface area contributed by atoms with E-state index >= 15 is 0 Å². The van der Waals surface area contributed by atoms with Crippen LogP contribution < -0.4 is 10.5 Å². The number of aromatic amines is 1. The van der Waals surface area contributed by atoms with Crippen LogP contribution in [0.1, 0.15) is 17.2 Å². The summed E-state index contributed by atoms with van der Waals surface area (Å²) in [5, 5.41) is 7.23. The molecule has 4 nitrogen and oxygen atoms in total. The number of aromatic nitrogens is 2. The van der Waals surface area contributed by atoms with Gasteiger partial charge >= 0.3 is 0 Å². The van der Waals surface area contributed by atoms with Crippen molar-refractivity contribution in [3.05, 3.63) is 71.4 Å². The van der Waals surface area contributed by atoms with Crippen molar-refractivity contribution in [3.63, 3.8) is 0 Å². The zero-order valence-electron chi connectivity index (χ0n) is 13.1. The third-order valence-corrected chi connectivity index (χ3v) is 3.94. The highest BCUT2D eigenvalue weighted by molar-refractivity contribution is 5.60. The van der Waals surface area contributed by atoms with Gasteiger partial charge in [-0.1, -0.05) is 6.07 Å². The van der Waals surface area contributed by atoms with Crippen molar-refractivity contribution in [1.29, 1.82) is 0 Å². The predicted octanol–water partition coefficient (Wildman–Crippen LogP) is 3.45. The summed E-state index contributed by atoms with van der Waals surface area (Å²) in [7, 11) is 1.61. The number of methoxy groups -OCH3 is 1. The van der Waals surface area contributed by atoms with E-state index in [1.165, 1.54) is 12.1 Å². The Labute approximate surface area is 138 Å². The molecule has 0 saturated heterocycles. The molecule has 1 unspecified atom stereocenters. The van der Waals surface area contributed by atoms with Crippen molar-refractivity contribution in [1.82, 2.24) is 10.2 Å². The molecule has 0 radical (unpaired) electrons. The monoisotopic (exact) mass is 329 g/mol. The van der Waals surface area contributed by atoms with Gasteiger partial charge in [0.25, 0.3) is 0 Å². The van der Waals surface area contributed by atoms with Crippen molar-refractivity contribution >= 4 is 0 Å². The van der Waals surface area contributed by atoms with E-state index in [0.29, 0.717) is 5.56 Å². The number of H-pyrrole nitrogens is 1. The van der Waals surface area contributed by atoms with Gasteiger partial charge in [-0.25, -0.2) is 8.78 Å². The Kier molecular flexibility index (Phi) is 4.57. The molecule has 24 heavy (non-hydrogen) atoms. The molecule has 3 rings (SSSR count). The molecule has 6 heteroatoms. The molecule has 1 heterocycles. The maximum absolute atomic E-state index is 13.5. The lowest BCUT2D eigenvalue weighted by atomic mass is 9.95. The molecule has 0 aliphatic carbocycles. The van der Waals surface area contributed by atoms with Gasteiger partial charge in [0, 0.05) is 23.7 Å². The predicted molar refractivity (Wildman–Crippen MR) is 87.8 cm³/mol. The molecule has 2 aromatic carbocycles. The van der Waals surface area contributed by atoms with Crippen molar-refractivity contribution < 1.29 is 13.5 Å². The second kappa shape index (κ2) is 6.80. The van der Waals surface area contributed by atoms with Crippen LogP contribution in [0.25, 0.3) is 11.3 Å². The van der Waals surface area contributed by atoms with E-state index < -0.39 is 11.6 Å². The molecule has 3 N–H and O–H groups in total. The van der Waals surface area contributed by atoms with Crippen LogP contribution >= 0.6 is 0 Å². The smallest absolute Gasteiger partial charge is 0.159 e. The molecular weight excluding hydrogens is 312 g/mol. The van der Waals surface area contributed by atoms with Crippen LogP contribution in [0.15, 0.2) is 48.5 Å². The Bertz CT molecular complexity index is 831. The Morgan fingerprint density at radius 1 is 1.08 bits per heavy atom. The van der Waals surface area contributed by atoms with Crippen LogP contribution in [0, 0.1) is 11.6 Å². The topological polar surface area (TPSA) is 63.9 Å². The van der Waals surface area contributed by atoms with E-state index in [1.54, 1.807) is 7.11 Å².